The van der Waals surface area contributed by atoms with Gasteiger partial charge < -0.3 is 9.88 Å². The van der Waals surface area contributed by atoms with Crippen molar-refractivity contribution < 1.29 is 8.42 Å². The molecule has 124 valence electrons. The van der Waals surface area contributed by atoms with Gasteiger partial charge in [0.25, 0.3) is 0 Å². The van der Waals surface area contributed by atoms with Crippen molar-refractivity contribution in [1.82, 2.24) is 19.7 Å². The third-order valence-electron chi connectivity index (χ3n) is 4.43. The summed E-state index contributed by atoms with van der Waals surface area (Å²) < 4.78 is 26.6. The summed E-state index contributed by atoms with van der Waals surface area (Å²) in [5.41, 5.74) is 3.84. The molecule has 0 saturated heterocycles. The van der Waals surface area contributed by atoms with Crippen LogP contribution in [0.25, 0.3) is 11.0 Å². The zero-order chi connectivity index (χ0) is 16.9. The van der Waals surface area contributed by atoms with Gasteiger partial charge in [-0.25, -0.2) is 23.1 Å². The molecule has 1 aliphatic rings. The highest BCUT2D eigenvalue weighted by molar-refractivity contribution is 7.89. The van der Waals surface area contributed by atoms with Crippen LogP contribution >= 0.6 is 0 Å². The fraction of sp³-hybridized carbons (Fsp3) is 0.250. The first-order chi connectivity index (χ1) is 11.5. The van der Waals surface area contributed by atoms with Crippen LogP contribution in [0.1, 0.15) is 11.1 Å². The summed E-state index contributed by atoms with van der Waals surface area (Å²) >= 11 is 0. The molecule has 1 aliphatic heterocycles. The van der Waals surface area contributed by atoms with Crippen LogP contribution in [-0.4, -0.2) is 37.0 Å². The molecule has 0 saturated carbocycles. The lowest BCUT2D eigenvalue weighted by Gasteiger charge is -2.20. The first-order valence-corrected chi connectivity index (χ1v) is 9.12. The topological polar surface area (TPSA) is 91.0 Å². The summed E-state index contributed by atoms with van der Waals surface area (Å²) in [6, 6.07) is 5.23. The summed E-state index contributed by atoms with van der Waals surface area (Å²) in [5.74, 6) is 0.802. The molecular weight excluding hydrogens is 326 g/mol. The molecule has 0 spiro atoms. The highest BCUT2D eigenvalue weighted by Crippen LogP contribution is 2.38. The van der Waals surface area contributed by atoms with Gasteiger partial charge in [0.05, 0.1) is 10.3 Å². The molecule has 3 aromatic rings. The zero-order valence-electron chi connectivity index (χ0n) is 13.4. The maximum Gasteiger partial charge on any atom is 0.240 e. The third-order valence-corrected chi connectivity index (χ3v) is 5.85. The molecular formula is C16H17N5O2S. The van der Waals surface area contributed by atoms with Crippen molar-refractivity contribution >= 4 is 32.6 Å². The number of sulfonamides is 1. The van der Waals surface area contributed by atoms with Gasteiger partial charge in [-0.15, -0.1) is 0 Å². The smallest absolute Gasteiger partial charge is 0.240 e. The van der Waals surface area contributed by atoms with Gasteiger partial charge in [0.15, 0.2) is 0 Å². The highest BCUT2D eigenvalue weighted by atomic mass is 32.2. The summed E-state index contributed by atoms with van der Waals surface area (Å²) in [7, 11) is -2.07. The Morgan fingerprint density at radius 3 is 2.92 bits per heavy atom. The van der Waals surface area contributed by atoms with Crippen molar-refractivity contribution in [2.75, 3.05) is 18.5 Å². The average Bonchev–Trinajstić information content (AvgIpc) is 3.18. The monoisotopic (exact) mass is 343 g/mol. The number of fused-ring (bicyclic) bond motifs is 2. The Morgan fingerprint density at radius 2 is 2.12 bits per heavy atom. The summed E-state index contributed by atoms with van der Waals surface area (Å²) in [6.45, 7) is 2.76. The maximum atomic E-state index is 12.1. The normalized spacial score (nSPS) is 14.3. The molecule has 24 heavy (non-hydrogen) atoms. The van der Waals surface area contributed by atoms with Gasteiger partial charge in [0, 0.05) is 18.4 Å². The molecule has 8 heteroatoms. The van der Waals surface area contributed by atoms with E-state index in [0.29, 0.717) is 0 Å². The number of anilines is 2. The predicted molar refractivity (Wildman–Crippen MR) is 92.0 cm³/mol. The van der Waals surface area contributed by atoms with E-state index in [4.69, 9.17) is 0 Å². The standard InChI is InChI=1S/C16H17N5O2S/c1-10-8-18-15-14(10)16(20-9-19-15)21-6-5-11-3-4-12(7-13(11)21)24(22,23)17-2/h3-4,7-9,17H,5-6H2,1-2H3,(H,18,19,20). The third kappa shape index (κ3) is 2.18. The minimum atomic E-state index is -3.48. The van der Waals surface area contributed by atoms with Gasteiger partial charge in [-0.3, -0.25) is 0 Å². The second-order valence-corrected chi connectivity index (χ2v) is 7.68. The van der Waals surface area contributed by atoms with E-state index in [1.165, 1.54) is 13.4 Å². The lowest BCUT2D eigenvalue weighted by Crippen LogP contribution is -2.19. The Bertz CT molecular complexity index is 1040. The van der Waals surface area contributed by atoms with Gasteiger partial charge in [-0.1, -0.05) is 6.07 Å². The van der Waals surface area contributed by atoms with E-state index in [-0.39, 0.29) is 4.90 Å². The lowest BCUT2D eigenvalue weighted by molar-refractivity contribution is 0.588. The van der Waals surface area contributed by atoms with Crippen LogP contribution < -0.4 is 9.62 Å². The Labute approximate surface area is 139 Å². The summed E-state index contributed by atoms with van der Waals surface area (Å²) in [4.78, 5) is 14.2. The zero-order valence-corrected chi connectivity index (χ0v) is 14.2. The fourth-order valence-electron chi connectivity index (χ4n) is 3.17. The quantitative estimate of drug-likeness (QED) is 0.757. The first kappa shape index (κ1) is 15.1. The number of rotatable bonds is 3. The van der Waals surface area contributed by atoms with E-state index in [0.717, 1.165) is 46.6 Å². The Kier molecular flexibility index (Phi) is 3.33. The van der Waals surface area contributed by atoms with E-state index < -0.39 is 10.0 Å². The van der Waals surface area contributed by atoms with Gasteiger partial charge in [-0.2, -0.15) is 0 Å². The van der Waals surface area contributed by atoms with Crippen LogP contribution in [0.15, 0.2) is 35.6 Å². The van der Waals surface area contributed by atoms with Gasteiger partial charge in [0.2, 0.25) is 10.0 Å². The number of H-pyrrole nitrogens is 1. The molecule has 0 amide bonds. The highest BCUT2D eigenvalue weighted by Gasteiger charge is 2.26. The molecule has 0 aliphatic carbocycles. The number of nitrogens with one attached hydrogen (secondary N) is 2. The SMILES string of the molecule is CNS(=O)(=O)c1ccc2c(c1)N(c1ncnc3[nH]cc(C)c13)CC2. The van der Waals surface area contributed by atoms with E-state index in [1.807, 2.05) is 19.2 Å². The average molecular weight is 343 g/mol. The minimum Gasteiger partial charge on any atom is -0.346 e. The van der Waals surface area contributed by atoms with Crippen molar-refractivity contribution in [2.24, 2.45) is 0 Å². The van der Waals surface area contributed by atoms with Crippen molar-refractivity contribution in [3.63, 3.8) is 0 Å². The van der Waals surface area contributed by atoms with Crippen LogP contribution in [0.5, 0.6) is 0 Å². The Balaban J connectivity index is 1.89. The van der Waals surface area contributed by atoms with Gasteiger partial charge in [0.1, 0.15) is 17.8 Å². The van der Waals surface area contributed by atoms with E-state index in [2.05, 4.69) is 24.6 Å². The Morgan fingerprint density at radius 1 is 1.29 bits per heavy atom. The van der Waals surface area contributed by atoms with Crippen molar-refractivity contribution in [2.45, 2.75) is 18.2 Å². The molecule has 2 aromatic heterocycles. The summed E-state index contributed by atoms with van der Waals surface area (Å²) in [5, 5.41) is 0.965. The number of aryl methyl sites for hydroxylation is 1. The maximum absolute atomic E-state index is 12.1. The number of benzene rings is 1. The largest absolute Gasteiger partial charge is 0.346 e. The number of aromatic amines is 1. The van der Waals surface area contributed by atoms with Gasteiger partial charge in [-0.05, 0) is 43.7 Å². The van der Waals surface area contributed by atoms with Crippen molar-refractivity contribution in [1.29, 1.82) is 0 Å². The van der Waals surface area contributed by atoms with E-state index in [9.17, 15) is 8.42 Å². The fourth-order valence-corrected chi connectivity index (χ4v) is 3.92. The molecule has 0 fully saturated rings. The molecule has 2 N–H and O–H groups in total. The number of hydrogen-bond acceptors (Lipinski definition) is 5. The number of nitrogens with zero attached hydrogens (tertiary/aromatic N) is 3. The van der Waals surface area contributed by atoms with E-state index in [1.54, 1.807) is 12.1 Å². The minimum absolute atomic E-state index is 0.256. The molecule has 1 aromatic carbocycles. The van der Waals surface area contributed by atoms with Gasteiger partial charge >= 0.3 is 0 Å². The van der Waals surface area contributed by atoms with Crippen molar-refractivity contribution in [3.8, 4) is 0 Å². The lowest BCUT2D eigenvalue weighted by atomic mass is 10.2. The molecule has 4 rings (SSSR count). The molecule has 0 bridgehead atoms. The Hall–Kier alpha value is -2.45. The van der Waals surface area contributed by atoms with Crippen LogP contribution in [0.3, 0.4) is 0 Å². The second-order valence-electron chi connectivity index (χ2n) is 5.79. The van der Waals surface area contributed by atoms with E-state index >= 15 is 0 Å². The molecule has 7 nitrogen and oxygen atoms in total. The van der Waals surface area contributed by atoms with Crippen LogP contribution in [-0.2, 0) is 16.4 Å². The predicted octanol–water partition coefficient (Wildman–Crippen LogP) is 1.87. The van der Waals surface area contributed by atoms with Crippen LogP contribution in [0.2, 0.25) is 0 Å². The molecule has 0 unspecified atom stereocenters. The molecule has 0 radical (unpaired) electrons. The molecule has 3 heterocycles. The number of hydrogen-bond donors (Lipinski definition) is 2. The molecule has 0 atom stereocenters. The van der Waals surface area contributed by atoms with Crippen LogP contribution in [0, 0.1) is 6.92 Å². The number of aromatic nitrogens is 3. The summed E-state index contributed by atoms with van der Waals surface area (Å²) in [6.07, 6.45) is 4.28. The van der Waals surface area contributed by atoms with Crippen LogP contribution in [0.4, 0.5) is 11.5 Å². The van der Waals surface area contributed by atoms with Crippen molar-refractivity contribution in [3.05, 3.63) is 41.9 Å². The second kappa shape index (κ2) is 5.29. The first-order valence-electron chi connectivity index (χ1n) is 7.64.